The van der Waals surface area contributed by atoms with Crippen molar-refractivity contribution in [1.29, 1.82) is 0 Å². The maximum Gasteiger partial charge on any atom is 0.0484 e. The van der Waals surface area contributed by atoms with Gasteiger partial charge in [-0.15, -0.1) is 0 Å². The standard InChI is InChI=1S/C18H25IN2/c1-3-4-5-6-10-21-11-9-18-16(13-21)15-12-14(19)7-8-17(15)20(18)2/h7-8,12H,3-6,9-11,13H2,1-2H3. The van der Waals surface area contributed by atoms with Gasteiger partial charge in [0, 0.05) is 46.7 Å². The molecule has 0 fully saturated rings. The Bertz CT molecular complexity index is 630. The number of hydrogen-bond donors (Lipinski definition) is 0. The van der Waals surface area contributed by atoms with E-state index < -0.39 is 0 Å². The molecule has 21 heavy (non-hydrogen) atoms. The number of aryl methyl sites for hydroxylation is 1. The lowest BCUT2D eigenvalue weighted by Crippen LogP contribution is -2.31. The Morgan fingerprint density at radius 3 is 2.86 bits per heavy atom. The Morgan fingerprint density at radius 2 is 2.05 bits per heavy atom. The van der Waals surface area contributed by atoms with Crippen LogP contribution in [0.2, 0.25) is 0 Å². The average Bonchev–Trinajstić information content (AvgIpc) is 2.76. The van der Waals surface area contributed by atoms with E-state index in [1.807, 2.05) is 0 Å². The van der Waals surface area contributed by atoms with E-state index in [1.165, 1.54) is 59.7 Å². The quantitative estimate of drug-likeness (QED) is 0.525. The molecule has 0 unspecified atom stereocenters. The minimum atomic E-state index is 1.14. The summed E-state index contributed by atoms with van der Waals surface area (Å²) in [6.07, 6.45) is 6.64. The molecule has 1 aromatic heterocycles. The minimum Gasteiger partial charge on any atom is -0.347 e. The van der Waals surface area contributed by atoms with E-state index in [4.69, 9.17) is 0 Å². The van der Waals surface area contributed by atoms with Crippen LogP contribution in [-0.2, 0) is 20.0 Å². The Labute approximate surface area is 141 Å². The van der Waals surface area contributed by atoms with Gasteiger partial charge in [0.15, 0.2) is 0 Å². The van der Waals surface area contributed by atoms with Crippen molar-refractivity contribution >= 4 is 33.5 Å². The Kier molecular flexibility index (Phi) is 4.89. The summed E-state index contributed by atoms with van der Waals surface area (Å²) in [6, 6.07) is 6.85. The first-order chi connectivity index (χ1) is 10.2. The first-order valence-electron chi connectivity index (χ1n) is 8.18. The molecule has 3 heteroatoms. The molecule has 0 aliphatic carbocycles. The fraction of sp³-hybridized carbons (Fsp3) is 0.556. The number of halogens is 1. The van der Waals surface area contributed by atoms with E-state index in [2.05, 4.69) is 64.2 Å². The Morgan fingerprint density at radius 1 is 1.19 bits per heavy atom. The fourth-order valence-electron chi connectivity index (χ4n) is 3.56. The average molecular weight is 396 g/mol. The molecule has 0 N–H and O–H groups in total. The molecule has 0 spiro atoms. The van der Waals surface area contributed by atoms with Gasteiger partial charge in [0.1, 0.15) is 0 Å². The predicted molar refractivity (Wildman–Crippen MR) is 98.8 cm³/mol. The summed E-state index contributed by atoms with van der Waals surface area (Å²) in [5.74, 6) is 0. The first-order valence-corrected chi connectivity index (χ1v) is 9.26. The SMILES string of the molecule is CCCCCCN1CCc2c(c3cc(I)ccc3n2C)C1. The fourth-order valence-corrected chi connectivity index (χ4v) is 4.05. The van der Waals surface area contributed by atoms with Crippen LogP contribution in [0.5, 0.6) is 0 Å². The minimum absolute atomic E-state index is 1.14. The molecular weight excluding hydrogens is 371 g/mol. The van der Waals surface area contributed by atoms with E-state index >= 15 is 0 Å². The van der Waals surface area contributed by atoms with Gasteiger partial charge in [0.25, 0.3) is 0 Å². The summed E-state index contributed by atoms with van der Waals surface area (Å²) in [7, 11) is 2.23. The summed E-state index contributed by atoms with van der Waals surface area (Å²) in [6.45, 7) is 5.91. The number of nitrogens with zero attached hydrogens (tertiary/aromatic N) is 2. The summed E-state index contributed by atoms with van der Waals surface area (Å²) in [5, 5.41) is 1.47. The predicted octanol–water partition coefficient (Wildman–Crippen LogP) is 4.72. The van der Waals surface area contributed by atoms with Crippen LogP contribution in [-0.4, -0.2) is 22.6 Å². The molecular formula is C18H25IN2. The molecule has 0 radical (unpaired) electrons. The highest BCUT2D eigenvalue weighted by Crippen LogP contribution is 2.31. The van der Waals surface area contributed by atoms with Crippen LogP contribution in [0.25, 0.3) is 10.9 Å². The van der Waals surface area contributed by atoms with Crippen LogP contribution in [0.1, 0.15) is 43.9 Å². The van der Waals surface area contributed by atoms with Crippen molar-refractivity contribution in [2.75, 3.05) is 13.1 Å². The lowest BCUT2D eigenvalue weighted by Gasteiger charge is -2.27. The molecule has 114 valence electrons. The highest BCUT2D eigenvalue weighted by atomic mass is 127. The molecule has 1 aliphatic heterocycles. The molecule has 2 aromatic rings. The van der Waals surface area contributed by atoms with E-state index in [0.717, 1.165) is 6.54 Å². The molecule has 0 bridgehead atoms. The van der Waals surface area contributed by atoms with Gasteiger partial charge in [-0.3, -0.25) is 4.90 Å². The second-order valence-corrected chi connectivity index (χ2v) is 7.48. The lowest BCUT2D eigenvalue weighted by atomic mass is 10.0. The molecule has 2 nitrogen and oxygen atoms in total. The first kappa shape index (κ1) is 15.3. The van der Waals surface area contributed by atoms with Gasteiger partial charge in [0.2, 0.25) is 0 Å². The van der Waals surface area contributed by atoms with Crippen molar-refractivity contribution in [3.8, 4) is 0 Å². The van der Waals surface area contributed by atoms with Crippen molar-refractivity contribution in [3.63, 3.8) is 0 Å². The maximum absolute atomic E-state index is 2.65. The number of unbranched alkanes of at least 4 members (excludes halogenated alkanes) is 3. The number of hydrogen-bond acceptors (Lipinski definition) is 1. The van der Waals surface area contributed by atoms with Crippen LogP contribution in [0.15, 0.2) is 18.2 Å². The number of aromatic nitrogens is 1. The van der Waals surface area contributed by atoms with Gasteiger partial charge in [0.05, 0.1) is 0 Å². The summed E-state index contributed by atoms with van der Waals surface area (Å²) >= 11 is 2.43. The number of benzene rings is 1. The van der Waals surface area contributed by atoms with Crippen molar-refractivity contribution in [1.82, 2.24) is 9.47 Å². The normalized spacial score (nSPS) is 15.6. The third-order valence-corrected chi connectivity index (χ3v) is 5.44. The number of rotatable bonds is 5. The highest BCUT2D eigenvalue weighted by molar-refractivity contribution is 14.1. The largest absolute Gasteiger partial charge is 0.347 e. The zero-order chi connectivity index (χ0) is 14.8. The molecule has 0 atom stereocenters. The summed E-state index contributed by atoms with van der Waals surface area (Å²) in [4.78, 5) is 2.65. The molecule has 3 rings (SSSR count). The van der Waals surface area contributed by atoms with Crippen molar-refractivity contribution in [3.05, 3.63) is 33.0 Å². The van der Waals surface area contributed by atoms with Crippen molar-refractivity contribution in [2.24, 2.45) is 7.05 Å². The molecule has 1 aromatic carbocycles. The summed E-state index contributed by atoms with van der Waals surface area (Å²) in [5.41, 5.74) is 4.53. The zero-order valence-corrected chi connectivity index (χ0v) is 15.3. The molecule has 0 saturated heterocycles. The van der Waals surface area contributed by atoms with E-state index in [0.29, 0.717) is 0 Å². The smallest absolute Gasteiger partial charge is 0.0484 e. The van der Waals surface area contributed by atoms with E-state index in [-0.39, 0.29) is 0 Å². The number of fused-ring (bicyclic) bond motifs is 3. The van der Waals surface area contributed by atoms with Crippen LogP contribution < -0.4 is 0 Å². The van der Waals surface area contributed by atoms with Gasteiger partial charge >= 0.3 is 0 Å². The van der Waals surface area contributed by atoms with Gasteiger partial charge in [-0.1, -0.05) is 26.2 Å². The highest BCUT2D eigenvalue weighted by Gasteiger charge is 2.22. The van der Waals surface area contributed by atoms with E-state index in [1.54, 1.807) is 11.3 Å². The zero-order valence-electron chi connectivity index (χ0n) is 13.2. The third kappa shape index (κ3) is 3.14. The monoisotopic (exact) mass is 396 g/mol. The van der Waals surface area contributed by atoms with Crippen molar-refractivity contribution in [2.45, 2.75) is 45.6 Å². The molecule has 1 aliphatic rings. The third-order valence-electron chi connectivity index (χ3n) is 4.77. The molecule has 0 saturated carbocycles. The second-order valence-electron chi connectivity index (χ2n) is 6.23. The van der Waals surface area contributed by atoms with Gasteiger partial charge < -0.3 is 4.57 Å². The van der Waals surface area contributed by atoms with Gasteiger partial charge in [-0.2, -0.15) is 0 Å². The molecule has 2 heterocycles. The van der Waals surface area contributed by atoms with Crippen LogP contribution in [0.3, 0.4) is 0 Å². The van der Waals surface area contributed by atoms with Crippen LogP contribution in [0.4, 0.5) is 0 Å². The molecule has 0 amide bonds. The summed E-state index contributed by atoms with van der Waals surface area (Å²) < 4.78 is 3.75. The maximum atomic E-state index is 2.65. The lowest BCUT2D eigenvalue weighted by molar-refractivity contribution is 0.247. The Balaban J connectivity index is 1.80. The Hall–Kier alpha value is -0.550. The second kappa shape index (κ2) is 6.69. The van der Waals surface area contributed by atoms with E-state index in [9.17, 15) is 0 Å². The van der Waals surface area contributed by atoms with Gasteiger partial charge in [-0.05, 0) is 59.3 Å². The van der Waals surface area contributed by atoms with Gasteiger partial charge in [-0.25, -0.2) is 0 Å². The van der Waals surface area contributed by atoms with Crippen molar-refractivity contribution < 1.29 is 0 Å². The van der Waals surface area contributed by atoms with Crippen LogP contribution >= 0.6 is 22.6 Å². The topological polar surface area (TPSA) is 8.17 Å². The van der Waals surface area contributed by atoms with Crippen LogP contribution in [0, 0.1) is 3.57 Å².